The van der Waals surface area contributed by atoms with Crippen LogP contribution >= 0.6 is 0 Å². The number of nitrogens with one attached hydrogen (secondary N) is 1. The van der Waals surface area contributed by atoms with Crippen LogP contribution in [0.15, 0.2) is 12.1 Å². The van der Waals surface area contributed by atoms with Crippen molar-refractivity contribution in [2.75, 3.05) is 5.32 Å². The summed E-state index contributed by atoms with van der Waals surface area (Å²) in [6, 6.07) is 1.51. The summed E-state index contributed by atoms with van der Waals surface area (Å²) in [4.78, 5) is 10.8. The van der Waals surface area contributed by atoms with Crippen LogP contribution in [0.3, 0.4) is 0 Å². The van der Waals surface area contributed by atoms with Crippen molar-refractivity contribution in [3.05, 3.63) is 29.3 Å². The van der Waals surface area contributed by atoms with Gasteiger partial charge >= 0.3 is 5.97 Å². The van der Waals surface area contributed by atoms with Crippen molar-refractivity contribution in [1.29, 1.82) is 0 Å². The van der Waals surface area contributed by atoms with E-state index in [1.165, 1.54) is 0 Å². The predicted molar refractivity (Wildman–Crippen MR) is 65.2 cm³/mol. The Hall–Kier alpha value is -1.69. The maximum Gasteiger partial charge on any atom is 0.338 e. The fraction of sp³-hybridized carbons (Fsp3) is 0.462. The molecule has 1 saturated carbocycles. The molecule has 0 unspecified atom stereocenters. The minimum absolute atomic E-state index is 0.0137. The van der Waals surface area contributed by atoms with Crippen LogP contribution in [-0.4, -0.2) is 28.3 Å². The van der Waals surface area contributed by atoms with E-state index in [0.717, 1.165) is 6.07 Å². The fourth-order valence-electron chi connectivity index (χ4n) is 2.26. The molecule has 0 atom stereocenters. The molecule has 104 valence electrons. The Morgan fingerprint density at radius 2 is 1.79 bits per heavy atom. The molecule has 0 bridgehead atoms. The summed E-state index contributed by atoms with van der Waals surface area (Å²) >= 11 is 0. The van der Waals surface area contributed by atoms with Gasteiger partial charge in [-0.1, -0.05) is 0 Å². The normalized spacial score (nSPS) is 23.1. The molecule has 1 aliphatic carbocycles. The molecule has 0 radical (unpaired) electrons. The van der Waals surface area contributed by atoms with E-state index in [9.17, 15) is 18.7 Å². The van der Waals surface area contributed by atoms with Gasteiger partial charge in [0.25, 0.3) is 0 Å². The van der Waals surface area contributed by atoms with Gasteiger partial charge in [-0.3, -0.25) is 0 Å². The summed E-state index contributed by atoms with van der Waals surface area (Å²) in [7, 11) is 0. The first-order valence-corrected chi connectivity index (χ1v) is 6.14. The number of rotatable bonds is 3. The van der Waals surface area contributed by atoms with Crippen LogP contribution in [-0.2, 0) is 0 Å². The molecular formula is C13H15F2NO3. The number of hydrogen-bond donors (Lipinski definition) is 3. The zero-order valence-corrected chi connectivity index (χ0v) is 10.2. The predicted octanol–water partition coefficient (Wildman–Crippen LogP) is 2.38. The summed E-state index contributed by atoms with van der Waals surface area (Å²) < 4.78 is 26.8. The Kier molecular flexibility index (Phi) is 3.99. The number of anilines is 1. The molecule has 0 aromatic heterocycles. The van der Waals surface area contributed by atoms with Gasteiger partial charge in [0, 0.05) is 12.1 Å². The van der Waals surface area contributed by atoms with Gasteiger partial charge in [0.2, 0.25) is 0 Å². The monoisotopic (exact) mass is 271 g/mol. The molecule has 0 saturated heterocycles. The molecular weight excluding hydrogens is 256 g/mol. The minimum Gasteiger partial charge on any atom is -0.478 e. The molecule has 1 aromatic rings. The molecule has 1 fully saturated rings. The largest absolute Gasteiger partial charge is 0.478 e. The zero-order chi connectivity index (χ0) is 14.0. The molecule has 0 spiro atoms. The summed E-state index contributed by atoms with van der Waals surface area (Å²) in [5, 5.41) is 21.0. The van der Waals surface area contributed by atoms with Gasteiger partial charge in [0.05, 0.1) is 17.4 Å². The van der Waals surface area contributed by atoms with Crippen LogP contribution in [0, 0.1) is 11.6 Å². The lowest BCUT2D eigenvalue weighted by Crippen LogP contribution is -2.28. The third kappa shape index (κ3) is 3.20. The lowest BCUT2D eigenvalue weighted by molar-refractivity contribution is 0.0692. The van der Waals surface area contributed by atoms with Gasteiger partial charge < -0.3 is 15.5 Å². The number of benzene rings is 1. The fourth-order valence-corrected chi connectivity index (χ4v) is 2.26. The molecule has 19 heavy (non-hydrogen) atoms. The number of carboxylic acids is 1. The highest BCUT2D eigenvalue weighted by atomic mass is 19.1. The van der Waals surface area contributed by atoms with E-state index in [2.05, 4.69) is 5.32 Å². The summed E-state index contributed by atoms with van der Waals surface area (Å²) in [6.07, 6.45) is 2.24. The van der Waals surface area contributed by atoms with E-state index in [1.807, 2.05) is 0 Å². The van der Waals surface area contributed by atoms with Crippen molar-refractivity contribution in [3.8, 4) is 0 Å². The number of hydrogen-bond acceptors (Lipinski definition) is 3. The first-order chi connectivity index (χ1) is 8.97. The smallest absolute Gasteiger partial charge is 0.338 e. The van der Waals surface area contributed by atoms with Crippen LogP contribution in [0.4, 0.5) is 14.5 Å². The Morgan fingerprint density at radius 1 is 1.16 bits per heavy atom. The standard InChI is InChI=1S/C13H15F2NO3/c14-10-6-11(15)12(5-9(10)13(18)19)16-7-1-3-8(17)4-2-7/h5-8,16-17H,1-4H2,(H,18,19). The van der Waals surface area contributed by atoms with Gasteiger partial charge in [-0.05, 0) is 31.7 Å². The Morgan fingerprint density at radius 3 is 2.37 bits per heavy atom. The van der Waals surface area contributed by atoms with Crippen LogP contribution < -0.4 is 5.32 Å². The topological polar surface area (TPSA) is 69.6 Å². The minimum atomic E-state index is -1.43. The number of halogens is 2. The summed E-state index contributed by atoms with van der Waals surface area (Å²) in [5.41, 5.74) is -0.570. The molecule has 0 heterocycles. The second kappa shape index (κ2) is 5.52. The third-order valence-electron chi connectivity index (χ3n) is 3.34. The quantitative estimate of drug-likeness (QED) is 0.789. The maximum absolute atomic E-state index is 13.6. The van der Waals surface area contributed by atoms with Crippen LogP contribution in [0.25, 0.3) is 0 Å². The van der Waals surface area contributed by atoms with E-state index >= 15 is 0 Å². The van der Waals surface area contributed by atoms with Crippen molar-refractivity contribution in [1.82, 2.24) is 0 Å². The van der Waals surface area contributed by atoms with Crippen LogP contribution in [0.2, 0.25) is 0 Å². The molecule has 1 aliphatic rings. The first-order valence-electron chi connectivity index (χ1n) is 6.14. The van der Waals surface area contributed by atoms with Crippen molar-refractivity contribution in [2.45, 2.75) is 37.8 Å². The number of aliphatic hydroxyl groups is 1. The Balaban J connectivity index is 2.15. The van der Waals surface area contributed by atoms with E-state index in [4.69, 9.17) is 5.11 Å². The SMILES string of the molecule is O=C(O)c1cc(NC2CCC(O)CC2)c(F)cc1F. The van der Waals surface area contributed by atoms with Gasteiger partial charge in [-0.25, -0.2) is 13.6 Å². The van der Waals surface area contributed by atoms with Crippen molar-refractivity contribution >= 4 is 11.7 Å². The van der Waals surface area contributed by atoms with E-state index in [1.54, 1.807) is 0 Å². The molecule has 0 aliphatic heterocycles. The van der Waals surface area contributed by atoms with Gasteiger partial charge in [0.1, 0.15) is 11.6 Å². The molecule has 2 rings (SSSR count). The number of aliphatic hydroxyl groups excluding tert-OH is 1. The van der Waals surface area contributed by atoms with Gasteiger partial charge in [0.15, 0.2) is 0 Å². The molecule has 6 heteroatoms. The summed E-state index contributed by atoms with van der Waals surface area (Å²) in [5.74, 6) is -3.33. The lowest BCUT2D eigenvalue weighted by Gasteiger charge is -2.27. The highest BCUT2D eigenvalue weighted by Crippen LogP contribution is 2.25. The van der Waals surface area contributed by atoms with Crippen LogP contribution in [0.1, 0.15) is 36.0 Å². The van der Waals surface area contributed by atoms with E-state index in [0.29, 0.717) is 31.7 Å². The van der Waals surface area contributed by atoms with E-state index in [-0.39, 0.29) is 17.8 Å². The second-order valence-corrected chi connectivity index (χ2v) is 4.77. The summed E-state index contributed by atoms with van der Waals surface area (Å²) in [6.45, 7) is 0. The van der Waals surface area contributed by atoms with Crippen molar-refractivity contribution in [3.63, 3.8) is 0 Å². The zero-order valence-electron chi connectivity index (χ0n) is 10.2. The average molecular weight is 271 g/mol. The Labute approximate surface area is 109 Å². The molecule has 1 aromatic carbocycles. The van der Waals surface area contributed by atoms with Gasteiger partial charge in [-0.2, -0.15) is 0 Å². The molecule has 3 N–H and O–H groups in total. The first kappa shape index (κ1) is 13.7. The highest BCUT2D eigenvalue weighted by molar-refractivity contribution is 5.89. The number of aromatic carboxylic acids is 1. The lowest BCUT2D eigenvalue weighted by atomic mass is 9.93. The molecule has 0 amide bonds. The van der Waals surface area contributed by atoms with Gasteiger partial charge in [-0.15, -0.1) is 0 Å². The average Bonchev–Trinajstić information content (AvgIpc) is 2.34. The van der Waals surface area contributed by atoms with Crippen molar-refractivity contribution in [2.24, 2.45) is 0 Å². The Bertz CT molecular complexity index is 485. The second-order valence-electron chi connectivity index (χ2n) is 4.77. The van der Waals surface area contributed by atoms with Crippen molar-refractivity contribution < 1.29 is 23.8 Å². The maximum atomic E-state index is 13.6. The van der Waals surface area contributed by atoms with Crippen LogP contribution in [0.5, 0.6) is 0 Å². The highest BCUT2D eigenvalue weighted by Gasteiger charge is 2.21. The molecule has 4 nitrogen and oxygen atoms in total. The number of carboxylic acid groups (broad SMARTS) is 1. The van der Waals surface area contributed by atoms with E-state index < -0.39 is 23.2 Å². The third-order valence-corrected chi connectivity index (χ3v) is 3.34. The number of carbonyl (C=O) groups is 1.